The molecule has 13 nitrogen and oxygen atoms in total. The zero-order valence-corrected chi connectivity index (χ0v) is 30.2. The van der Waals surface area contributed by atoms with Crippen molar-refractivity contribution < 1.29 is 38.2 Å². The second-order valence-corrected chi connectivity index (χ2v) is 14.7. The SMILES string of the molecule is C=CCNC(=O)C(=O)C(CCC)NC(=O)[C@@H]1[C@@H](C(C)C)CCN1C(=O)[C@@H](NC(=O)N[C@H](COC(=O)OC(C)C)C1CCCC1)C(C)(C)C. The highest BCUT2D eigenvalue weighted by Crippen LogP contribution is 2.34. The Balaban J connectivity index is 2.27. The number of ether oxygens (including phenoxy) is 2. The minimum absolute atomic E-state index is 0.0358. The Bertz CT molecular complexity index is 1140. The number of hydrogen-bond acceptors (Lipinski definition) is 8. The number of carbonyl (C=O) groups excluding carboxylic acids is 6. The number of nitrogens with one attached hydrogen (secondary N) is 4. The number of carbonyl (C=O) groups is 6. The van der Waals surface area contributed by atoms with Crippen LogP contribution in [0.2, 0.25) is 0 Å². The number of Topliss-reactive ketones (excluding diaryl/α,β-unsaturated/α-hetero) is 1. The van der Waals surface area contributed by atoms with Gasteiger partial charge in [0.25, 0.3) is 5.91 Å². The Morgan fingerprint density at radius 1 is 0.958 bits per heavy atom. The largest absolute Gasteiger partial charge is 0.508 e. The maximum atomic E-state index is 14.3. The van der Waals surface area contributed by atoms with Gasteiger partial charge in [-0.05, 0) is 62.7 Å². The summed E-state index contributed by atoms with van der Waals surface area (Å²) < 4.78 is 10.4. The molecule has 272 valence electrons. The van der Waals surface area contributed by atoms with E-state index < -0.39 is 65.3 Å². The Labute approximate surface area is 286 Å². The van der Waals surface area contributed by atoms with Gasteiger partial charge in [0.2, 0.25) is 17.6 Å². The van der Waals surface area contributed by atoms with Gasteiger partial charge in [-0.2, -0.15) is 0 Å². The summed E-state index contributed by atoms with van der Waals surface area (Å²) in [5.41, 5.74) is -0.740. The van der Waals surface area contributed by atoms with Crippen molar-refractivity contribution >= 4 is 35.7 Å². The molecule has 0 aromatic heterocycles. The van der Waals surface area contributed by atoms with E-state index in [1.165, 1.54) is 11.0 Å². The number of ketones is 1. The van der Waals surface area contributed by atoms with Crippen molar-refractivity contribution in [2.24, 2.45) is 23.2 Å². The molecule has 1 unspecified atom stereocenters. The molecule has 13 heteroatoms. The molecule has 2 aliphatic rings. The van der Waals surface area contributed by atoms with E-state index in [-0.39, 0.29) is 43.4 Å². The smallest absolute Gasteiger partial charge is 0.432 e. The number of likely N-dealkylation sites (tertiary alicyclic amines) is 1. The molecule has 1 aliphatic heterocycles. The molecule has 0 aromatic carbocycles. The van der Waals surface area contributed by atoms with E-state index in [2.05, 4.69) is 27.8 Å². The third-order valence-electron chi connectivity index (χ3n) is 9.08. The van der Waals surface area contributed by atoms with E-state index in [9.17, 15) is 28.8 Å². The lowest BCUT2D eigenvalue weighted by molar-refractivity contribution is -0.144. The summed E-state index contributed by atoms with van der Waals surface area (Å²) in [4.78, 5) is 80.7. The minimum Gasteiger partial charge on any atom is -0.432 e. The first kappa shape index (κ1) is 40.5. The molecule has 1 aliphatic carbocycles. The summed E-state index contributed by atoms with van der Waals surface area (Å²) in [6.07, 6.45) is 5.41. The fraction of sp³-hybridized carbons (Fsp3) is 0.771. The number of urea groups is 1. The van der Waals surface area contributed by atoms with Gasteiger partial charge in [-0.25, -0.2) is 9.59 Å². The molecule has 5 atom stereocenters. The van der Waals surface area contributed by atoms with E-state index in [1.54, 1.807) is 13.8 Å². The third kappa shape index (κ3) is 11.8. The van der Waals surface area contributed by atoms with Gasteiger partial charge >= 0.3 is 12.2 Å². The van der Waals surface area contributed by atoms with Gasteiger partial charge in [-0.1, -0.05) is 66.9 Å². The van der Waals surface area contributed by atoms with Crippen LogP contribution in [0.15, 0.2) is 12.7 Å². The second-order valence-electron chi connectivity index (χ2n) is 14.7. The summed E-state index contributed by atoms with van der Waals surface area (Å²) in [6, 6.07) is -4.02. The minimum atomic E-state index is -1.05. The number of amides is 5. The van der Waals surface area contributed by atoms with Crippen LogP contribution in [0.3, 0.4) is 0 Å². The Kier molecular flexibility index (Phi) is 15.9. The summed E-state index contributed by atoms with van der Waals surface area (Å²) in [5, 5.41) is 11.1. The Morgan fingerprint density at radius 3 is 2.15 bits per heavy atom. The Hall–Kier alpha value is -3.64. The molecule has 1 heterocycles. The molecule has 2 rings (SSSR count). The molecule has 48 heavy (non-hydrogen) atoms. The van der Waals surface area contributed by atoms with E-state index in [1.807, 2.05) is 41.5 Å². The zero-order chi connectivity index (χ0) is 36.2. The normalized spacial score (nSPS) is 20.1. The highest BCUT2D eigenvalue weighted by atomic mass is 16.7. The summed E-state index contributed by atoms with van der Waals surface area (Å²) >= 11 is 0. The molecule has 0 radical (unpaired) electrons. The van der Waals surface area contributed by atoms with Gasteiger partial charge in [0.05, 0.1) is 18.2 Å². The molecular formula is C35H59N5O8. The first-order valence-electron chi connectivity index (χ1n) is 17.5. The molecular weight excluding hydrogens is 618 g/mol. The quantitative estimate of drug-likeness (QED) is 0.108. The lowest BCUT2D eigenvalue weighted by Gasteiger charge is -2.37. The predicted molar refractivity (Wildman–Crippen MR) is 182 cm³/mol. The summed E-state index contributed by atoms with van der Waals surface area (Å²) in [5.74, 6) is -2.56. The second kappa shape index (κ2) is 18.8. The third-order valence-corrected chi connectivity index (χ3v) is 9.08. The van der Waals surface area contributed by atoms with Crippen molar-refractivity contribution in [3.8, 4) is 0 Å². The fourth-order valence-electron chi connectivity index (χ4n) is 6.52. The van der Waals surface area contributed by atoms with E-state index in [4.69, 9.17) is 9.47 Å². The van der Waals surface area contributed by atoms with Crippen molar-refractivity contribution in [1.29, 1.82) is 0 Å². The van der Waals surface area contributed by atoms with Crippen LogP contribution in [0.5, 0.6) is 0 Å². The number of hydrogen-bond donors (Lipinski definition) is 4. The Morgan fingerprint density at radius 2 is 1.60 bits per heavy atom. The van der Waals surface area contributed by atoms with Crippen molar-refractivity contribution in [2.75, 3.05) is 19.7 Å². The van der Waals surface area contributed by atoms with E-state index in [0.29, 0.717) is 19.4 Å². The predicted octanol–water partition coefficient (Wildman–Crippen LogP) is 3.85. The van der Waals surface area contributed by atoms with Gasteiger partial charge in [-0.3, -0.25) is 19.2 Å². The average molecular weight is 678 g/mol. The molecule has 1 saturated heterocycles. The van der Waals surface area contributed by atoms with E-state index >= 15 is 0 Å². The summed E-state index contributed by atoms with van der Waals surface area (Å²) in [7, 11) is 0. The topological polar surface area (TPSA) is 172 Å². The monoisotopic (exact) mass is 677 g/mol. The zero-order valence-electron chi connectivity index (χ0n) is 30.2. The number of rotatable bonds is 16. The summed E-state index contributed by atoms with van der Waals surface area (Å²) in [6.45, 7) is 18.6. The van der Waals surface area contributed by atoms with Gasteiger partial charge in [-0.15, -0.1) is 6.58 Å². The molecule has 1 saturated carbocycles. The van der Waals surface area contributed by atoms with Crippen LogP contribution in [0.4, 0.5) is 9.59 Å². The van der Waals surface area contributed by atoms with Gasteiger partial charge in [0.1, 0.15) is 18.7 Å². The van der Waals surface area contributed by atoms with Crippen LogP contribution < -0.4 is 21.3 Å². The van der Waals surface area contributed by atoms with E-state index in [0.717, 1.165) is 25.7 Å². The van der Waals surface area contributed by atoms with Gasteiger partial charge in [0, 0.05) is 13.1 Å². The first-order chi connectivity index (χ1) is 22.5. The fourth-order valence-corrected chi connectivity index (χ4v) is 6.52. The standard InChI is InChI=1S/C35H59N5O8/c1-10-14-25(28(41)31(43)36-18-11-2)37-30(42)27-24(21(3)4)17-19-40(27)32(44)29(35(7,8)9)39-33(45)38-26(23-15-12-13-16-23)20-47-34(46)48-22(5)6/h11,21-27,29H,2,10,12-20H2,1,3-9H3,(H,36,43)(H,37,42)(H2,38,39,45)/t24-,25?,26-,27+,29-/m1/s1. The van der Waals surface area contributed by atoms with Gasteiger partial charge in [0.15, 0.2) is 0 Å². The highest BCUT2D eigenvalue weighted by Gasteiger charge is 2.48. The van der Waals surface area contributed by atoms with Crippen LogP contribution in [-0.4, -0.2) is 90.6 Å². The van der Waals surface area contributed by atoms with Crippen LogP contribution in [0.1, 0.15) is 100 Å². The maximum Gasteiger partial charge on any atom is 0.508 e. The maximum absolute atomic E-state index is 14.3. The average Bonchev–Trinajstić information content (AvgIpc) is 3.70. The van der Waals surface area contributed by atoms with Crippen LogP contribution in [0, 0.1) is 23.2 Å². The lowest BCUT2D eigenvalue weighted by Crippen LogP contribution is -2.61. The van der Waals surface area contributed by atoms with Crippen LogP contribution >= 0.6 is 0 Å². The first-order valence-corrected chi connectivity index (χ1v) is 17.5. The van der Waals surface area contributed by atoms with Crippen molar-refractivity contribution in [3.63, 3.8) is 0 Å². The van der Waals surface area contributed by atoms with Crippen molar-refractivity contribution in [1.82, 2.24) is 26.2 Å². The molecule has 0 spiro atoms. The van der Waals surface area contributed by atoms with Crippen molar-refractivity contribution in [2.45, 2.75) is 131 Å². The lowest BCUT2D eigenvalue weighted by atomic mass is 9.84. The molecule has 0 bridgehead atoms. The molecule has 2 fully saturated rings. The molecule has 0 aromatic rings. The highest BCUT2D eigenvalue weighted by molar-refractivity contribution is 6.38. The molecule has 4 N–H and O–H groups in total. The van der Waals surface area contributed by atoms with Crippen LogP contribution in [0.25, 0.3) is 0 Å². The van der Waals surface area contributed by atoms with Crippen LogP contribution in [-0.2, 0) is 28.7 Å². The van der Waals surface area contributed by atoms with Gasteiger partial charge < -0.3 is 35.6 Å². The number of nitrogens with zero attached hydrogens (tertiary/aromatic N) is 1. The molecule has 5 amide bonds. The van der Waals surface area contributed by atoms with Crippen molar-refractivity contribution in [3.05, 3.63) is 12.7 Å².